The first-order valence-corrected chi connectivity index (χ1v) is 11.0. The number of rotatable bonds is 8. The maximum atomic E-state index is 12.9. The summed E-state index contributed by atoms with van der Waals surface area (Å²) in [6.45, 7) is 4.10. The molecule has 0 amide bonds. The molecule has 0 radical (unpaired) electrons. The van der Waals surface area contributed by atoms with Crippen LogP contribution in [0.25, 0.3) is 11.3 Å². The Kier molecular flexibility index (Phi) is 8.49. The second-order valence-corrected chi connectivity index (χ2v) is 8.41. The van der Waals surface area contributed by atoms with Crippen LogP contribution in [0.3, 0.4) is 0 Å². The van der Waals surface area contributed by atoms with Crippen LogP contribution in [0.5, 0.6) is 6.01 Å². The maximum Gasteiger partial charge on any atom is 1.00 e. The Bertz CT molecular complexity index is 992. The second-order valence-electron chi connectivity index (χ2n) is 8.41. The van der Waals surface area contributed by atoms with E-state index in [0.717, 1.165) is 31.4 Å². The molecule has 0 N–H and O–H groups in total. The molecule has 0 atom stereocenters. The number of benzene rings is 1. The summed E-state index contributed by atoms with van der Waals surface area (Å²) in [5, 5.41) is 11.5. The predicted octanol–water partition coefficient (Wildman–Crippen LogP) is 0.223. The molecule has 178 valence electrons. The molecule has 2 heterocycles. The topological polar surface area (TPSA) is 87.6 Å². The predicted molar refractivity (Wildman–Crippen MR) is 112 cm³/mol. The van der Waals surface area contributed by atoms with E-state index in [9.17, 15) is 23.1 Å². The number of carboxylic acids is 1. The number of nitrogens with zero attached hydrogens (tertiary/aromatic N) is 3. The van der Waals surface area contributed by atoms with E-state index < -0.39 is 23.3 Å². The molecule has 1 saturated carbocycles. The minimum absolute atomic E-state index is 0. The molecule has 1 aromatic heterocycles. The Hall–Kier alpha value is -1.88. The first-order chi connectivity index (χ1) is 15.7. The fraction of sp³-hybridized carbons (Fsp3) is 0.522. The van der Waals surface area contributed by atoms with Gasteiger partial charge in [0.25, 0.3) is 0 Å². The average Bonchev–Trinajstić information content (AvgIpc) is 3.58. The number of anilines is 1. The van der Waals surface area contributed by atoms with E-state index in [1.54, 1.807) is 6.07 Å². The SMILES string of the molecule is CCCOC1CCN(c2cc(-c3ccc(C(F)(F)F)cc3)nc(OC3(C(=O)[O-])CC3)n2)CC1.[Na+]. The summed E-state index contributed by atoms with van der Waals surface area (Å²) < 4.78 is 50.3. The monoisotopic (exact) mass is 487 g/mol. The minimum atomic E-state index is -4.44. The van der Waals surface area contributed by atoms with Gasteiger partial charge in [0.05, 0.1) is 23.3 Å². The number of piperidine rings is 1. The van der Waals surface area contributed by atoms with Gasteiger partial charge in [-0.05, 0) is 44.2 Å². The fourth-order valence-corrected chi connectivity index (χ4v) is 3.77. The summed E-state index contributed by atoms with van der Waals surface area (Å²) in [7, 11) is 0. The second kappa shape index (κ2) is 10.8. The van der Waals surface area contributed by atoms with Crippen molar-refractivity contribution in [3.63, 3.8) is 0 Å². The number of carbonyl (C=O) groups excluding carboxylic acids is 1. The number of ether oxygens (including phenoxy) is 2. The van der Waals surface area contributed by atoms with Gasteiger partial charge >= 0.3 is 41.7 Å². The van der Waals surface area contributed by atoms with Gasteiger partial charge in [-0.3, -0.25) is 0 Å². The van der Waals surface area contributed by atoms with Gasteiger partial charge in [0.2, 0.25) is 0 Å². The van der Waals surface area contributed by atoms with Gasteiger partial charge < -0.3 is 24.3 Å². The van der Waals surface area contributed by atoms with Gasteiger partial charge in [0, 0.05) is 31.3 Å². The molecule has 7 nitrogen and oxygen atoms in total. The van der Waals surface area contributed by atoms with E-state index >= 15 is 0 Å². The van der Waals surface area contributed by atoms with Gasteiger partial charge in [-0.1, -0.05) is 19.1 Å². The van der Waals surface area contributed by atoms with Crippen LogP contribution in [0.1, 0.15) is 44.6 Å². The van der Waals surface area contributed by atoms with Crippen LogP contribution in [0.15, 0.2) is 30.3 Å². The molecule has 4 rings (SSSR count). The van der Waals surface area contributed by atoms with Crippen LogP contribution in [0, 0.1) is 0 Å². The third-order valence-electron chi connectivity index (χ3n) is 5.89. The molecule has 2 fully saturated rings. The summed E-state index contributed by atoms with van der Waals surface area (Å²) in [6, 6.07) is 6.18. The normalized spacial score (nSPS) is 17.7. The van der Waals surface area contributed by atoms with E-state index in [2.05, 4.69) is 16.9 Å². The van der Waals surface area contributed by atoms with E-state index in [-0.39, 0.29) is 41.7 Å². The Morgan fingerprint density at radius 3 is 2.35 bits per heavy atom. The molecule has 2 aliphatic rings. The third-order valence-corrected chi connectivity index (χ3v) is 5.89. The maximum absolute atomic E-state index is 12.9. The molecule has 0 unspecified atom stereocenters. The van der Waals surface area contributed by atoms with Crippen molar-refractivity contribution < 1.29 is 62.1 Å². The number of hydrogen-bond acceptors (Lipinski definition) is 7. The summed E-state index contributed by atoms with van der Waals surface area (Å²) in [5.74, 6) is -0.806. The number of hydrogen-bond donors (Lipinski definition) is 0. The van der Waals surface area contributed by atoms with E-state index in [0.29, 0.717) is 49.6 Å². The van der Waals surface area contributed by atoms with Crippen LogP contribution < -0.4 is 44.3 Å². The quantitative estimate of drug-likeness (QED) is 0.493. The molecule has 11 heteroatoms. The molecule has 1 aliphatic heterocycles. The number of aliphatic carboxylic acids is 1. The van der Waals surface area contributed by atoms with Crippen molar-refractivity contribution in [3.05, 3.63) is 35.9 Å². The molecule has 2 aromatic rings. The molecule has 1 aliphatic carbocycles. The van der Waals surface area contributed by atoms with Crippen molar-refractivity contribution in [1.82, 2.24) is 9.97 Å². The van der Waals surface area contributed by atoms with Crippen molar-refractivity contribution in [1.29, 1.82) is 0 Å². The zero-order valence-electron chi connectivity index (χ0n) is 19.2. The van der Waals surface area contributed by atoms with Crippen molar-refractivity contribution in [3.8, 4) is 17.3 Å². The number of aromatic nitrogens is 2. The largest absolute Gasteiger partial charge is 1.00 e. The smallest absolute Gasteiger partial charge is 0.546 e. The van der Waals surface area contributed by atoms with Crippen LogP contribution >= 0.6 is 0 Å². The van der Waals surface area contributed by atoms with E-state index in [1.165, 1.54) is 12.1 Å². The van der Waals surface area contributed by atoms with Gasteiger partial charge in [-0.2, -0.15) is 23.1 Å². The van der Waals surface area contributed by atoms with Gasteiger partial charge in [-0.15, -0.1) is 0 Å². The first kappa shape index (κ1) is 26.7. The van der Waals surface area contributed by atoms with Crippen LogP contribution in [0.4, 0.5) is 19.0 Å². The van der Waals surface area contributed by atoms with Gasteiger partial charge in [0.15, 0.2) is 5.60 Å². The molecule has 0 bridgehead atoms. The summed E-state index contributed by atoms with van der Waals surface area (Å²) in [6.07, 6.45) is -1.14. The Labute approximate surface area is 218 Å². The van der Waals surface area contributed by atoms with Gasteiger partial charge in [0.1, 0.15) is 5.82 Å². The number of alkyl halides is 3. The van der Waals surface area contributed by atoms with E-state index in [4.69, 9.17) is 9.47 Å². The minimum Gasteiger partial charge on any atom is -0.546 e. The Morgan fingerprint density at radius 1 is 1.18 bits per heavy atom. The van der Waals surface area contributed by atoms with Gasteiger partial charge in [-0.25, -0.2) is 0 Å². The van der Waals surface area contributed by atoms with Crippen LogP contribution in [-0.4, -0.2) is 47.3 Å². The van der Waals surface area contributed by atoms with Crippen molar-refractivity contribution in [2.75, 3.05) is 24.6 Å². The summed E-state index contributed by atoms with van der Waals surface area (Å²) in [5.41, 5.74) is -1.42. The zero-order valence-corrected chi connectivity index (χ0v) is 21.2. The summed E-state index contributed by atoms with van der Waals surface area (Å²) in [4.78, 5) is 22.2. The third kappa shape index (κ3) is 6.21. The molecule has 34 heavy (non-hydrogen) atoms. The van der Waals surface area contributed by atoms with Crippen molar-refractivity contribution >= 4 is 11.8 Å². The Balaban J connectivity index is 0.00000324. The van der Waals surface area contributed by atoms with Crippen LogP contribution in [-0.2, 0) is 15.7 Å². The molecule has 1 saturated heterocycles. The zero-order chi connectivity index (χ0) is 23.6. The molecular weight excluding hydrogens is 462 g/mol. The summed E-state index contributed by atoms with van der Waals surface area (Å²) >= 11 is 0. The van der Waals surface area contributed by atoms with Crippen molar-refractivity contribution in [2.24, 2.45) is 0 Å². The number of halogens is 3. The van der Waals surface area contributed by atoms with Crippen LogP contribution in [0.2, 0.25) is 0 Å². The Morgan fingerprint density at radius 2 is 1.82 bits per heavy atom. The molecule has 0 spiro atoms. The average molecular weight is 487 g/mol. The first-order valence-electron chi connectivity index (χ1n) is 11.0. The number of carbonyl (C=O) groups is 1. The number of carboxylic acid groups (broad SMARTS) is 1. The molecule has 1 aromatic carbocycles. The molecular formula is C23H25F3N3NaO4. The standard InChI is InChI=1S/C23H26F3N3O4.Na/c1-2-13-32-17-7-11-29(12-8-17)19-14-18(15-3-5-16(6-4-15)23(24,25)26)27-21(28-19)33-22(9-10-22)20(30)31;/h3-6,14,17H,2,7-13H2,1H3,(H,30,31);/q;+1/p-1. The van der Waals surface area contributed by atoms with E-state index in [1.807, 2.05) is 4.90 Å². The fourth-order valence-electron chi connectivity index (χ4n) is 3.77. The van der Waals surface area contributed by atoms with Crippen molar-refractivity contribution in [2.45, 2.75) is 56.9 Å².